The monoisotopic (exact) mass is 338 g/mol. The summed E-state index contributed by atoms with van der Waals surface area (Å²) in [7, 11) is 0. The van der Waals surface area contributed by atoms with Gasteiger partial charge in [0.25, 0.3) is 0 Å². The van der Waals surface area contributed by atoms with Crippen molar-refractivity contribution in [2.24, 2.45) is 5.92 Å². The molecule has 2 aliphatic heterocycles. The van der Waals surface area contributed by atoms with E-state index in [-0.39, 0.29) is 24.5 Å². The van der Waals surface area contributed by atoms with Gasteiger partial charge in [-0.15, -0.1) is 0 Å². The van der Waals surface area contributed by atoms with E-state index in [9.17, 15) is 9.59 Å². The minimum Gasteiger partial charge on any atom is -0.368 e. The fourth-order valence-corrected chi connectivity index (χ4v) is 4.15. The molecule has 1 saturated carbocycles. The summed E-state index contributed by atoms with van der Waals surface area (Å²) >= 11 is 0. The van der Waals surface area contributed by atoms with Crippen LogP contribution in [-0.4, -0.2) is 72.7 Å². The number of morpholine rings is 1. The zero-order valence-corrected chi connectivity index (χ0v) is 15.0. The molecule has 3 aliphatic rings. The average Bonchev–Trinajstić information content (AvgIpc) is 3.00. The summed E-state index contributed by atoms with van der Waals surface area (Å²) in [5.74, 6) is 0.784. The van der Waals surface area contributed by atoms with Gasteiger partial charge in [0.15, 0.2) is 0 Å². The quantitative estimate of drug-likeness (QED) is 0.781. The maximum Gasteiger partial charge on any atom is 0.248 e. The first-order chi connectivity index (χ1) is 11.5. The summed E-state index contributed by atoms with van der Waals surface area (Å²) in [6, 6.07) is 0.101. The smallest absolute Gasteiger partial charge is 0.248 e. The van der Waals surface area contributed by atoms with E-state index < -0.39 is 5.60 Å². The summed E-state index contributed by atoms with van der Waals surface area (Å²) in [6.07, 6.45) is 5.53. The Hall–Kier alpha value is -1.14. The molecule has 2 amide bonds. The second-order valence-corrected chi connectivity index (χ2v) is 7.81. The van der Waals surface area contributed by atoms with Crippen LogP contribution in [0.25, 0.3) is 0 Å². The SMILES string of the molecule is CC(C)N1CC2(COCC1=O)CN(C(=O)CC1CCCC1)CCO2. The van der Waals surface area contributed by atoms with Crippen LogP contribution in [0.1, 0.15) is 46.0 Å². The van der Waals surface area contributed by atoms with Crippen molar-refractivity contribution >= 4 is 11.8 Å². The van der Waals surface area contributed by atoms with Crippen molar-refractivity contribution in [3.8, 4) is 0 Å². The van der Waals surface area contributed by atoms with Crippen LogP contribution in [0.4, 0.5) is 0 Å². The van der Waals surface area contributed by atoms with Crippen molar-refractivity contribution in [1.29, 1.82) is 0 Å². The maximum absolute atomic E-state index is 12.7. The van der Waals surface area contributed by atoms with Crippen LogP contribution in [0, 0.1) is 5.92 Å². The Kier molecular flexibility index (Phi) is 5.45. The molecule has 0 aromatic rings. The molecule has 6 nitrogen and oxygen atoms in total. The molecule has 6 heteroatoms. The first-order valence-electron chi connectivity index (χ1n) is 9.28. The van der Waals surface area contributed by atoms with E-state index in [2.05, 4.69) is 0 Å². The lowest BCUT2D eigenvalue weighted by atomic mass is 9.99. The van der Waals surface area contributed by atoms with Gasteiger partial charge in [0.2, 0.25) is 11.8 Å². The maximum atomic E-state index is 12.7. The molecule has 1 atom stereocenters. The minimum absolute atomic E-state index is 0.000111. The Labute approximate surface area is 144 Å². The summed E-state index contributed by atoms with van der Waals surface area (Å²) in [6.45, 7) is 6.65. The van der Waals surface area contributed by atoms with Crippen molar-refractivity contribution in [2.45, 2.75) is 57.6 Å². The van der Waals surface area contributed by atoms with Gasteiger partial charge in [0.05, 0.1) is 26.3 Å². The fourth-order valence-electron chi connectivity index (χ4n) is 4.15. The predicted octanol–water partition coefficient (Wildman–Crippen LogP) is 1.43. The van der Waals surface area contributed by atoms with Gasteiger partial charge in [-0.25, -0.2) is 0 Å². The molecule has 1 aliphatic carbocycles. The Morgan fingerprint density at radius 2 is 2.04 bits per heavy atom. The Balaban J connectivity index is 1.66. The second kappa shape index (κ2) is 7.40. The number of nitrogens with zero attached hydrogens (tertiary/aromatic N) is 2. The van der Waals surface area contributed by atoms with E-state index in [1.807, 2.05) is 23.6 Å². The molecule has 24 heavy (non-hydrogen) atoms. The van der Waals surface area contributed by atoms with Gasteiger partial charge >= 0.3 is 0 Å². The molecule has 3 rings (SSSR count). The minimum atomic E-state index is -0.583. The topological polar surface area (TPSA) is 59.1 Å². The number of ether oxygens (including phenoxy) is 2. The van der Waals surface area contributed by atoms with Crippen LogP contribution in [-0.2, 0) is 19.1 Å². The van der Waals surface area contributed by atoms with Gasteiger partial charge in [-0.1, -0.05) is 12.8 Å². The zero-order valence-electron chi connectivity index (χ0n) is 15.0. The van der Waals surface area contributed by atoms with Crippen molar-refractivity contribution in [2.75, 3.05) is 39.5 Å². The summed E-state index contributed by atoms with van der Waals surface area (Å²) in [5.41, 5.74) is -0.583. The first kappa shape index (κ1) is 17.7. The van der Waals surface area contributed by atoms with Crippen molar-refractivity contribution in [1.82, 2.24) is 9.80 Å². The van der Waals surface area contributed by atoms with Crippen LogP contribution in [0.15, 0.2) is 0 Å². The Bertz CT molecular complexity index is 476. The van der Waals surface area contributed by atoms with Crippen LogP contribution in [0.3, 0.4) is 0 Å². The summed E-state index contributed by atoms with van der Waals surface area (Å²) in [4.78, 5) is 28.6. The fraction of sp³-hybridized carbons (Fsp3) is 0.889. The van der Waals surface area contributed by atoms with Gasteiger partial charge in [0.1, 0.15) is 12.2 Å². The number of amides is 2. The third kappa shape index (κ3) is 3.91. The third-order valence-electron chi connectivity index (χ3n) is 5.53. The van der Waals surface area contributed by atoms with E-state index >= 15 is 0 Å². The zero-order chi connectivity index (χ0) is 17.2. The van der Waals surface area contributed by atoms with Gasteiger partial charge < -0.3 is 19.3 Å². The molecular weight excluding hydrogens is 308 g/mol. The van der Waals surface area contributed by atoms with Gasteiger partial charge in [0, 0.05) is 19.0 Å². The van der Waals surface area contributed by atoms with Crippen LogP contribution >= 0.6 is 0 Å². The van der Waals surface area contributed by atoms with E-state index in [1.165, 1.54) is 25.7 Å². The number of hydrogen-bond acceptors (Lipinski definition) is 4. The number of rotatable bonds is 3. The number of hydrogen-bond donors (Lipinski definition) is 0. The molecule has 3 fully saturated rings. The van der Waals surface area contributed by atoms with Crippen LogP contribution < -0.4 is 0 Å². The molecule has 0 aromatic carbocycles. The molecule has 1 unspecified atom stereocenters. The third-order valence-corrected chi connectivity index (χ3v) is 5.53. The van der Waals surface area contributed by atoms with Gasteiger partial charge in [-0.05, 0) is 32.6 Å². The lowest BCUT2D eigenvalue weighted by Gasteiger charge is -2.44. The Morgan fingerprint density at radius 3 is 2.75 bits per heavy atom. The van der Waals surface area contributed by atoms with Gasteiger partial charge in [-0.2, -0.15) is 0 Å². The molecule has 0 bridgehead atoms. The van der Waals surface area contributed by atoms with Crippen molar-refractivity contribution in [3.05, 3.63) is 0 Å². The number of carbonyl (C=O) groups is 2. The highest BCUT2D eigenvalue weighted by atomic mass is 16.5. The molecule has 0 N–H and O–H groups in total. The summed E-state index contributed by atoms with van der Waals surface area (Å²) < 4.78 is 11.6. The standard InChI is InChI=1S/C18H30N2O4/c1-14(2)20-12-18(13-23-10-17(20)22)11-19(7-8-24-18)16(21)9-15-5-3-4-6-15/h14-15H,3-13H2,1-2H3. The van der Waals surface area contributed by atoms with E-state index in [0.717, 1.165) is 0 Å². The van der Waals surface area contributed by atoms with E-state index in [0.29, 0.717) is 45.2 Å². The highest BCUT2D eigenvalue weighted by Crippen LogP contribution is 2.30. The average molecular weight is 338 g/mol. The van der Waals surface area contributed by atoms with Gasteiger partial charge in [-0.3, -0.25) is 9.59 Å². The van der Waals surface area contributed by atoms with Crippen molar-refractivity contribution in [3.63, 3.8) is 0 Å². The lowest BCUT2D eigenvalue weighted by Crippen LogP contribution is -2.60. The first-order valence-corrected chi connectivity index (χ1v) is 9.28. The van der Waals surface area contributed by atoms with Crippen molar-refractivity contribution < 1.29 is 19.1 Å². The molecule has 2 heterocycles. The van der Waals surface area contributed by atoms with Crippen LogP contribution in [0.2, 0.25) is 0 Å². The molecular formula is C18H30N2O4. The molecule has 2 saturated heterocycles. The van der Waals surface area contributed by atoms with E-state index in [1.54, 1.807) is 0 Å². The predicted molar refractivity (Wildman–Crippen MR) is 89.5 cm³/mol. The highest BCUT2D eigenvalue weighted by molar-refractivity contribution is 5.78. The lowest BCUT2D eigenvalue weighted by molar-refractivity contribution is -0.163. The molecule has 136 valence electrons. The number of carbonyl (C=O) groups excluding carboxylic acids is 2. The molecule has 1 spiro atoms. The molecule has 0 radical (unpaired) electrons. The van der Waals surface area contributed by atoms with Crippen LogP contribution in [0.5, 0.6) is 0 Å². The Morgan fingerprint density at radius 1 is 1.29 bits per heavy atom. The highest BCUT2D eigenvalue weighted by Gasteiger charge is 2.43. The molecule has 0 aromatic heterocycles. The normalized spacial score (nSPS) is 29.5. The second-order valence-electron chi connectivity index (χ2n) is 7.81. The summed E-state index contributed by atoms with van der Waals surface area (Å²) in [5, 5.41) is 0. The van der Waals surface area contributed by atoms with E-state index in [4.69, 9.17) is 9.47 Å². The largest absolute Gasteiger partial charge is 0.368 e.